The first-order chi connectivity index (χ1) is 10.2. The molecule has 0 aliphatic heterocycles. The zero-order valence-corrected chi connectivity index (χ0v) is 12.1. The topological polar surface area (TPSA) is 29.1 Å². The summed E-state index contributed by atoms with van der Waals surface area (Å²) < 4.78 is 65.0. The number of carbonyl (C=O) groups is 1. The van der Waals surface area contributed by atoms with E-state index in [1.165, 1.54) is 0 Å². The third-order valence-corrected chi connectivity index (χ3v) is 4.07. The van der Waals surface area contributed by atoms with E-state index >= 15 is 0 Å². The first kappa shape index (κ1) is 17.0. The van der Waals surface area contributed by atoms with E-state index < -0.39 is 35.7 Å². The molecule has 1 amide bonds. The molecule has 2 nitrogen and oxygen atoms in total. The summed E-state index contributed by atoms with van der Waals surface area (Å²) in [5.41, 5.74) is -0.382. The number of hydrogen-bond acceptors (Lipinski definition) is 1. The normalized spacial score (nSPS) is 22.5. The summed E-state index contributed by atoms with van der Waals surface area (Å²) in [7, 11) is 0. The number of amides is 1. The van der Waals surface area contributed by atoms with Gasteiger partial charge in [-0.1, -0.05) is 24.4 Å². The minimum Gasteiger partial charge on any atom is -0.349 e. The van der Waals surface area contributed by atoms with Crippen molar-refractivity contribution in [3.8, 4) is 0 Å². The number of alkyl halides is 3. The Morgan fingerprint density at radius 3 is 2.36 bits per heavy atom. The van der Waals surface area contributed by atoms with Crippen LogP contribution in [-0.2, 0) is 0 Å². The molecule has 1 aromatic carbocycles. The highest BCUT2D eigenvalue weighted by Gasteiger charge is 2.46. The SMILES string of the molecule is O=C(N[C@H]1CCCC[C@@H]1C(F)(F)F)c1cc(F)c(F)cc1Cl. The summed E-state index contributed by atoms with van der Waals surface area (Å²) in [4.78, 5) is 12.0. The van der Waals surface area contributed by atoms with E-state index in [4.69, 9.17) is 11.6 Å². The molecule has 22 heavy (non-hydrogen) atoms. The fraction of sp³-hybridized carbons (Fsp3) is 0.500. The van der Waals surface area contributed by atoms with Crippen LogP contribution in [0.1, 0.15) is 36.0 Å². The van der Waals surface area contributed by atoms with Crippen molar-refractivity contribution in [3.05, 3.63) is 34.4 Å². The van der Waals surface area contributed by atoms with Crippen molar-refractivity contribution in [2.45, 2.75) is 37.9 Å². The summed E-state index contributed by atoms with van der Waals surface area (Å²) in [6.07, 6.45) is -3.32. The lowest BCUT2D eigenvalue weighted by Crippen LogP contribution is -2.47. The quantitative estimate of drug-likeness (QED) is 0.624. The minimum absolute atomic E-state index is 0.0695. The second-order valence-corrected chi connectivity index (χ2v) is 5.67. The van der Waals surface area contributed by atoms with Gasteiger partial charge in [0, 0.05) is 6.04 Å². The monoisotopic (exact) mass is 341 g/mol. The smallest absolute Gasteiger partial charge is 0.349 e. The van der Waals surface area contributed by atoms with Crippen molar-refractivity contribution in [3.63, 3.8) is 0 Å². The average Bonchev–Trinajstić information content (AvgIpc) is 2.42. The lowest BCUT2D eigenvalue weighted by Gasteiger charge is -2.33. The molecule has 0 radical (unpaired) electrons. The van der Waals surface area contributed by atoms with Crippen LogP contribution in [0.4, 0.5) is 22.0 Å². The standard InChI is InChI=1S/C14H13ClF5NO/c15-9-6-11(17)10(16)5-7(9)13(22)21-12-4-2-1-3-8(12)14(18,19)20/h5-6,8,12H,1-4H2,(H,21,22)/t8-,12-/m0/s1. The highest BCUT2D eigenvalue weighted by molar-refractivity contribution is 6.33. The zero-order chi connectivity index (χ0) is 16.5. The van der Waals surface area contributed by atoms with Crippen LogP contribution >= 0.6 is 11.6 Å². The van der Waals surface area contributed by atoms with Gasteiger partial charge >= 0.3 is 6.18 Å². The van der Waals surface area contributed by atoms with Crippen LogP contribution < -0.4 is 5.32 Å². The lowest BCUT2D eigenvalue weighted by atomic mass is 9.84. The molecule has 0 saturated heterocycles. The number of benzene rings is 1. The second kappa shape index (κ2) is 6.40. The van der Waals surface area contributed by atoms with Crippen LogP contribution in [0.5, 0.6) is 0 Å². The number of nitrogens with one attached hydrogen (secondary N) is 1. The predicted octanol–water partition coefficient (Wildman–Crippen LogP) is 4.47. The minimum atomic E-state index is -4.42. The summed E-state index contributed by atoms with van der Waals surface area (Å²) >= 11 is 5.65. The van der Waals surface area contributed by atoms with Gasteiger partial charge in [-0.2, -0.15) is 13.2 Å². The van der Waals surface area contributed by atoms with Gasteiger partial charge in [0.1, 0.15) is 0 Å². The molecule has 0 spiro atoms. The fourth-order valence-corrected chi connectivity index (χ4v) is 2.87. The summed E-state index contributed by atoms with van der Waals surface area (Å²) in [5, 5.41) is 1.90. The van der Waals surface area contributed by atoms with Crippen LogP contribution in [0.15, 0.2) is 12.1 Å². The van der Waals surface area contributed by atoms with Gasteiger partial charge in [-0.15, -0.1) is 0 Å². The van der Waals surface area contributed by atoms with Crippen LogP contribution in [0, 0.1) is 17.6 Å². The van der Waals surface area contributed by atoms with Crippen molar-refractivity contribution in [1.82, 2.24) is 5.32 Å². The molecule has 1 aliphatic carbocycles. The van der Waals surface area contributed by atoms with Gasteiger partial charge in [-0.05, 0) is 25.0 Å². The Kier molecular flexibility index (Phi) is 4.94. The van der Waals surface area contributed by atoms with Gasteiger partial charge < -0.3 is 5.32 Å². The van der Waals surface area contributed by atoms with Gasteiger partial charge in [-0.25, -0.2) is 8.78 Å². The maximum Gasteiger partial charge on any atom is 0.393 e. The predicted molar refractivity (Wildman–Crippen MR) is 70.6 cm³/mol. The molecule has 0 aromatic heterocycles. The molecule has 1 aliphatic rings. The Bertz CT molecular complexity index is 575. The Balaban J connectivity index is 2.18. The van der Waals surface area contributed by atoms with Crippen molar-refractivity contribution in [2.75, 3.05) is 0 Å². The Hall–Kier alpha value is -1.37. The molecule has 1 fully saturated rings. The highest BCUT2D eigenvalue weighted by Crippen LogP contribution is 2.38. The first-order valence-corrected chi connectivity index (χ1v) is 7.10. The van der Waals surface area contributed by atoms with Crippen molar-refractivity contribution >= 4 is 17.5 Å². The number of rotatable bonds is 2. The maximum atomic E-state index is 13.2. The van der Waals surface area contributed by atoms with Crippen molar-refractivity contribution < 1.29 is 26.7 Å². The van der Waals surface area contributed by atoms with E-state index in [0.717, 1.165) is 0 Å². The summed E-state index contributed by atoms with van der Waals surface area (Å²) in [6, 6.07) is 0.109. The second-order valence-electron chi connectivity index (χ2n) is 5.26. The first-order valence-electron chi connectivity index (χ1n) is 6.72. The Morgan fingerprint density at radius 2 is 1.73 bits per heavy atom. The number of hydrogen-bond donors (Lipinski definition) is 1. The fourth-order valence-electron chi connectivity index (χ4n) is 2.64. The highest BCUT2D eigenvalue weighted by atomic mass is 35.5. The van der Waals surface area contributed by atoms with E-state index in [1.54, 1.807) is 0 Å². The molecule has 0 heterocycles. The summed E-state index contributed by atoms with van der Waals surface area (Å²) in [5.74, 6) is -5.10. The molecule has 0 bridgehead atoms. The van der Waals surface area contributed by atoms with E-state index in [-0.39, 0.29) is 23.4 Å². The van der Waals surface area contributed by atoms with E-state index in [2.05, 4.69) is 5.32 Å². The van der Waals surface area contributed by atoms with Crippen LogP contribution in [0.3, 0.4) is 0 Å². The van der Waals surface area contributed by atoms with Crippen LogP contribution in [-0.4, -0.2) is 18.1 Å². The molecule has 2 rings (SSSR count). The molecule has 122 valence electrons. The zero-order valence-electron chi connectivity index (χ0n) is 11.3. The largest absolute Gasteiger partial charge is 0.393 e. The molecule has 8 heteroatoms. The molecular formula is C14H13ClF5NO. The third kappa shape index (κ3) is 3.69. The van der Waals surface area contributed by atoms with Gasteiger partial charge in [0.2, 0.25) is 0 Å². The summed E-state index contributed by atoms with van der Waals surface area (Å²) in [6.45, 7) is 0. The van der Waals surface area contributed by atoms with E-state index in [0.29, 0.717) is 25.0 Å². The van der Waals surface area contributed by atoms with Crippen molar-refractivity contribution in [1.29, 1.82) is 0 Å². The Labute approximate surface area is 128 Å². The molecule has 1 saturated carbocycles. The van der Waals surface area contributed by atoms with Crippen LogP contribution in [0.2, 0.25) is 5.02 Å². The third-order valence-electron chi connectivity index (χ3n) is 3.76. The number of carbonyl (C=O) groups excluding carboxylic acids is 1. The molecule has 1 N–H and O–H groups in total. The lowest BCUT2D eigenvalue weighted by molar-refractivity contribution is -0.187. The van der Waals surface area contributed by atoms with Crippen LogP contribution in [0.25, 0.3) is 0 Å². The molecular weight excluding hydrogens is 329 g/mol. The van der Waals surface area contributed by atoms with Crippen molar-refractivity contribution in [2.24, 2.45) is 5.92 Å². The molecule has 0 unspecified atom stereocenters. The van der Waals surface area contributed by atoms with E-state index in [9.17, 15) is 26.7 Å². The molecule has 1 aromatic rings. The number of halogens is 6. The molecule has 2 atom stereocenters. The Morgan fingerprint density at radius 1 is 1.14 bits per heavy atom. The average molecular weight is 342 g/mol. The van der Waals surface area contributed by atoms with Gasteiger partial charge in [0.15, 0.2) is 11.6 Å². The van der Waals surface area contributed by atoms with Gasteiger partial charge in [0.25, 0.3) is 5.91 Å². The van der Waals surface area contributed by atoms with Gasteiger partial charge in [-0.3, -0.25) is 4.79 Å². The van der Waals surface area contributed by atoms with E-state index in [1.807, 2.05) is 0 Å². The van der Waals surface area contributed by atoms with Gasteiger partial charge in [0.05, 0.1) is 16.5 Å². The maximum absolute atomic E-state index is 13.2.